The van der Waals surface area contributed by atoms with Crippen LogP contribution in [0.4, 0.5) is 0 Å². The number of ether oxygens (including phenoxy) is 2. The molecule has 0 radical (unpaired) electrons. The molecule has 4 heteroatoms. The fourth-order valence-electron chi connectivity index (χ4n) is 2.46. The van der Waals surface area contributed by atoms with Crippen LogP contribution in [-0.4, -0.2) is 13.2 Å². The van der Waals surface area contributed by atoms with Crippen molar-refractivity contribution in [2.75, 3.05) is 13.2 Å². The lowest BCUT2D eigenvalue weighted by molar-refractivity contribution is 0.275. The number of halogens is 1. The van der Waals surface area contributed by atoms with Crippen LogP contribution in [0.3, 0.4) is 0 Å². The molecule has 0 aromatic heterocycles. The van der Waals surface area contributed by atoms with Gasteiger partial charge in [0.1, 0.15) is 0 Å². The van der Waals surface area contributed by atoms with E-state index in [1.807, 2.05) is 13.0 Å². The average molecular weight is 392 g/mol. The first-order valence-corrected chi connectivity index (χ1v) is 9.31. The van der Waals surface area contributed by atoms with Gasteiger partial charge in [0, 0.05) is 12.6 Å². The molecule has 0 aliphatic heterocycles. The Morgan fingerprint density at radius 2 is 1.83 bits per heavy atom. The van der Waals surface area contributed by atoms with E-state index in [1.165, 1.54) is 5.56 Å². The van der Waals surface area contributed by atoms with E-state index in [1.54, 1.807) is 0 Å². The summed E-state index contributed by atoms with van der Waals surface area (Å²) in [7, 11) is 0. The van der Waals surface area contributed by atoms with Crippen molar-refractivity contribution in [1.29, 1.82) is 0 Å². The van der Waals surface area contributed by atoms with Crippen molar-refractivity contribution in [3.05, 3.63) is 58.1 Å². The van der Waals surface area contributed by atoms with Crippen LogP contribution in [0.5, 0.6) is 11.5 Å². The molecule has 2 rings (SSSR count). The second kappa shape index (κ2) is 9.70. The maximum atomic E-state index is 5.83. The van der Waals surface area contributed by atoms with Crippen LogP contribution >= 0.6 is 15.9 Å². The van der Waals surface area contributed by atoms with Crippen LogP contribution in [-0.2, 0) is 6.54 Å². The molecule has 3 nitrogen and oxygen atoms in total. The molecule has 2 aromatic carbocycles. The predicted octanol–water partition coefficient (Wildman–Crippen LogP) is 5.49. The van der Waals surface area contributed by atoms with E-state index in [2.05, 4.69) is 71.5 Å². The minimum Gasteiger partial charge on any atom is -0.490 e. The molecule has 0 bridgehead atoms. The molecule has 24 heavy (non-hydrogen) atoms. The maximum absolute atomic E-state index is 5.83. The van der Waals surface area contributed by atoms with Crippen LogP contribution < -0.4 is 14.8 Å². The predicted molar refractivity (Wildman–Crippen MR) is 103 cm³/mol. The van der Waals surface area contributed by atoms with Gasteiger partial charge in [0.05, 0.1) is 17.7 Å². The van der Waals surface area contributed by atoms with Gasteiger partial charge in [-0.2, -0.15) is 0 Å². The molecular weight excluding hydrogens is 366 g/mol. The molecule has 0 amide bonds. The number of hydrogen-bond donors (Lipinski definition) is 1. The van der Waals surface area contributed by atoms with Gasteiger partial charge in [0.25, 0.3) is 0 Å². The Morgan fingerprint density at radius 3 is 2.50 bits per heavy atom. The fraction of sp³-hybridized carbons (Fsp3) is 0.400. The first kappa shape index (κ1) is 18.8. The molecule has 0 aliphatic rings. The molecule has 0 saturated heterocycles. The minimum absolute atomic E-state index is 0.288. The summed E-state index contributed by atoms with van der Waals surface area (Å²) in [6, 6.07) is 14.9. The zero-order chi connectivity index (χ0) is 17.4. The molecule has 0 unspecified atom stereocenters. The van der Waals surface area contributed by atoms with Gasteiger partial charge in [-0.15, -0.1) is 0 Å². The highest BCUT2D eigenvalue weighted by Gasteiger charge is 2.13. The highest BCUT2D eigenvalue weighted by atomic mass is 79.9. The maximum Gasteiger partial charge on any atom is 0.175 e. The Balaban J connectivity index is 2.09. The number of rotatable bonds is 9. The summed E-state index contributed by atoms with van der Waals surface area (Å²) in [5.74, 6) is 1.59. The molecule has 0 heterocycles. The van der Waals surface area contributed by atoms with E-state index in [4.69, 9.17) is 9.47 Å². The first-order chi connectivity index (χ1) is 11.7. The van der Waals surface area contributed by atoms with Crippen molar-refractivity contribution in [2.24, 2.45) is 0 Å². The summed E-state index contributed by atoms with van der Waals surface area (Å²) < 4.78 is 12.5. The third kappa shape index (κ3) is 5.25. The lowest BCUT2D eigenvalue weighted by atomic mass is 10.1. The Labute approximate surface area is 153 Å². The quantitative estimate of drug-likeness (QED) is 0.612. The molecule has 0 aliphatic carbocycles. The van der Waals surface area contributed by atoms with E-state index in [-0.39, 0.29) is 6.04 Å². The van der Waals surface area contributed by atoms with Crippen LogP contribution in [0.25, 0.3) is 0 Å². The lowest BCUT2D eigenvalue weighted by Gasteiger charge is -2.17. The van der Waals surface area contributed by atoms with Crippen LogP contribution in [0.2, 0.25) is 0 Å². The van der Waals surface area contributed by atoms with Crippen molar-refractivity contribution in [3.63, 3.8) is 0 Å². The second-order valence-corrected chi connectivity index (χ2v) is 6.55. The monoisotopic (exact) mass is 391 g/mol. The molecule has 1 atom stereocenters. The van der Waals surface area contributed by atoms with Gasteiger partial charge in [-0.25, -0.2) is 0 Å². The minimum atomic E-state index is 0.288. The summed E-state index contributed by atoms with van der Waals surface area (Å²) in [4.78, 5) is 0. The highest BCUT2D eigenvalue weighted by molar-refractivity contribution is 9.10. The van der Waals surface area contributed by atoms with Crippen molar-refractivity contribution in [3.8, 4) is 11.5 Å². The summed E-state index contributed by atoms with van der Waals surface area (Å²) in [5, 5.41) is 3.56. The lowest BCUT2D eigenvalue weighted by Crippen LogP contribution is -2.18. The Hall–Kier alpha value is -1.52. The van der Waals surface area contributed by atoms with Gasteiger partial charge >= 0.3 is 0 Å². The van der Waals surface area contributed by atoms with Gasteiger partial charge in [0.2, 0.25) is 0 Å². The van der Waals surface area contributed by atoms with Crippen LogP contribution in [0, 0.1) is 0 Å². The van der Waals surface area contributed by atoms with Crippen molar-refractivity contribution >= 4 is 15.9 Å². The molecule has 1 N–H and O–H groups in total. The zero-order valence-electron chi connectivity index (χ0n) is 14.6. The highest BCUT2D eigenvalue weighted by Crippen LogP contribution is 2.37. The van der Waals surface area contributed by atoms with E-state index in [0.29, 0.717) is 13.2 Å². The Kier molecular flexibility index (Phi) is 7.60. The average Bonchev–Trinajstić information content (AvgIpc) is 2.60. The third-order valence-corrected chi connectivity index (χ3v) is 4.32. The van der Waals surface area contributed by atoms with E-state index < -0.39 is 0 Å². The smallest absolute Gasteiger partial charge is 0.175 e. The SMILES string of the molecule is CCCOc1c(Br)cc(CN[C@@H](C)c2ccccc2)cc1OCC. The van der Waals surface area contributed by atoms with Gasteiger partial charge in [-0.3, -0.25) is 0 Å². The van der Waals surface area contributed by atoms with Crippen LogP contribution in [0.1, 0.15) is 44.4 Å². The van der Waals surface area contributed by atoms with Crippen molar-refractivity contribution < 1.29 is 9.47 Å². The molecule has 0 saturated carbocycles. The summed E-state index contributed by atoms with van der Waals surface area (Å²) in [6.45, 7) is 8.32. The summed E-state index contributed by atoms with van der Waals surface area (Å²) >= 11 is 3.62. The fourth-order valence-corrected chi connectivity index (χ4v) is 3.06. The second-order valence-electron chi connectivity index (χ2n) is 5.70. The molecule has 0 fully saturated rings. The van der Waals surface area contributed by atoms with E-state index >= 15 is 0 Å². The van der Waals surface area contributed by atoms with Crippen LogP contribution in [0.15, 0.2) is 46.9 Å². The normalized spacial score (nSPS) is 12.0. The van der Waals surface area contributed by atoms with Gasteiger partial charge in [0.15, 0.2) is 11.5 Å². The molecular formula is C20H26BrNO2. The Bertz CT molecular complexity index is 631. The van der Waals surface area contributed by atoms with Crippen molar-refractivity contribution in [2.45, 2.75) is 39.8 Å². The zero-order valence-corrected chi connectivity index (χ0v) is 16.2. The van der Waals surface area contributed by atoms with Gasteiger partial charge < -0.3 is 14.8 Å². The third-order valence-electron chi connectivity index (χ3n) is 3.73. The number of benzene rings is 2. The number of nitrogens with one attached hydrogen (secondary N) is 1. The molecule has 130 valence electrons. The molecule has 2 aromatic rings. The van der Waals surface area contributed by atoms with Gasteiger partial charge in [-0.05, 0) is 59.5 Å². The Morgan fingerprint density at radius 1 is 1.08 bits per heavy atom. The summed E-state index contributed by atoms with van der Waals surface area (Å²) in [6.07, 6.45) is 0.968. The largest absolute Gasteiger partial charge is 0.490 e. The van der Waals surface area contributed by atoms with Gasteiger partial charge in [-0.1, -0.05) is 37.3 Å². The number of hydrogen-bond acceptors (Lipinski definition) is 3. The standard InChI is InChI=1S/C20H26BrNO2/c1-4-11-24-20-18(21)12-16(13-19(20)23-5-2)14-22-15(3)17-9-7-6-8-10-17/h6-10,12-13,15,22H,4-5,11,14H2,1-3H3/t15-/m0/s1. The first-order valence-electron chi connectivity index (χ1n) is 8.52. The van der Waals surface area contributed by atoms with E-state index in [0.717, 1.165) is 34.5 Å². The van der Waals surface area contributed by atoms with Crippen molar-refractivity contribution in [1.82, 2.24) is 5.32 Å². The summed E-state index contributed by atoms with van der Waals surface area (Å²) in [5.41, 5.74) is 2.45. The molecule has 0 spiro atoms. The topological polar surface area (TPSA) is 30.5 Å². The van der Waals surface area contributed by atoms with E-state index in [9.17, 15) is 0 Å².